The molecule has 2 aromatic rings. The summed E-state index contributed by atoms with van der Waals surface area (Å²) in [6.45, 7) is 2.89. The van der Waals surface area contributed by atoms with E-state index in [4.69, 9.17) is 24.5 Å². The molecular formula is C34H44N4O9. The molecule has 47 heavy (non-hydrogen) atoms. The smallest absolute Gasteiger partial charge is 0.306 e. The van der Waals surface area contributed by atoms with Crippen molar-refractivity contribution in [2.24, 2.45) is 11.0 Å². The van der Waals surface area contributed by atoms with Crippen LogP contribution in [0, 0.1) is 5.92 Å². The summed E-state index contributed by atoms with van der Waals surface area (Å²) in [7, 11) is 0. The Morgan fingerprint density at radius 1 is 0.766 bits per heavy atom. The van der Waals surface area contributed by atoms with E-state index in [0.29, 0.717) is 19.6 Å². The fraction of sp³-hybridized carbons (Fsp3) is 0.500. The maximum atomic E-state index is 13.3. The van der Waals surface area contributed by atoms with Gasteiger partial charge in [-0.05, 0) is 42.8 Å². The Balaban J connectivity index is 1.92. The summed E-state index contributed by atoms with van der Waals surface area (Å²) in [5.41, 5.74) is 9.90. The van der Waals surface area contributed by atoms with Crippen LogP contribution in [0.4, 0.5) is 0 Å². The molecule has 13 heteroatoms. The van der Waals surface area contributed by atoms with Gasteiger partial charge in [-0.15, -0.1) is 0 Å². The molecule has 0 heterocycles. The maximum Gasteiger partial charge on any atom is 0.306 e. The first-order valence-electron chi connectivity index (χ1n) is 15.7. The third-order valence-corrected chi connectivity index (χ3v) is 6.91. The van der Waals surface area contributed by atoms with E-state index in [9.17, 15) is 24.0 Å². The number of nitrogens with one attached hydrogen (secondary N) is 1. The lowest BCUT2D eigenvalue weighted by molar-refractivity contribution is -0.147. The van der Waals surface area contributed by atoms with Gasteiger partial charge in [-0.1, -0.05) is 65.8 Å². The van der Waals surface area contributed by atoms with E-state index in [1.165, 1.54) is 6.92 Å². The second-order valence-electron chi connectivity index (χ2n) is 10.8. The van der Waals surface area contributed by atoms with E-state index < -0.39 is 29.8 Å². The van der Waals surface area contributed by atoms with Gasteiger partial charge in [0.05, 0.1) is 25.9 Å². The first kappa shape index (κ1) is 38.6. The average Bonchev–Trinajstić information content (AvgIpc) is 3.07. The van der Waals surface area contributed by atoms with E-state index in [-0.39, 0.29) is 83.1 Å². The number of Topliss-reactive ketones (excluding diaryl/α,β-unsaturated/α-hetero) is 2. The number of ketones is 2. The van der Waals surface area contributed by atoms with Crippen molar-refractivity contribution in [2.75, 3.05) is 33.0 Å². The minimum Gasteiger partial charge on any atom is -0.461 e. The van der Waals surface area contributed by atoms with Gasteiger partial charge < -0.3 is 29.1 Å². The summed E-state index contributed by atoms with van der Waals surface area (Å²) in [6, 6.07) is 17.3. The summed E-state index contributed by atoms with van der Waals surface area (Å²) >= 11 is 0. The Morgan fingerprint density at radius 2 is 1.32 bits per heavy atom. The number of hydrogen-bond acceptors (Lipinski definition) is 10. The highest BCUT2D eigenvalue weighted by Crippen LogP contribution is 2.16. The molecule has 2 rings (SSSR count). The Hall–Kier alpha value is -4.58. The number of benzene rings is 2. The highest BCUT2D eigenvalue weighted by molar-refractivity contribution is 5.92. The first-order valence-corrected chi connectivity index (χ1v) is 15.7. The van der Waals surface area contributed by atoms with Gasteiger partial charge in [-0.3, -0.25) is 19.2 Å². The van der Waals surface area contributed by atoms with Gasteiger partial charge in [-0.2, -0.15) is 0 Å². The number of carbonyl (C=O) groups excluding carboxylic acids is 5. The molecule has 254 valence electrons. The summed E-state index contributed by atoms with van der Waals surface area (Å²) in [5.74, 6) is -2.99. The van der Waals surface area contributed by atoms with Gasteiger partial charge >= 0.3 is 11.9 Å². The Labute approximate surface area is 274 Å². The third-order valence-electron chi connectivity index (χ3n) is 6.91. The van der Waals surface area contributed by atoms with Crippen LogP contribution in [0.5, 0.6) is 0 Å². The number of amides is 1. The molecule has 0 saturated heterocycles. The van der Waals surface area contributed by atoms with Crippen molar-refractivity contribution in [3.63, 3.8) is 0 Å². The fourth-order valence-electron chi connectivity index (χ4n) is 4.45. The Bertz CT molecular complexity index is 1300. The van der Waals surface area contributed by atoms with Crippen LogP contribution >= 0.6 is 0 Å². The van der Waals surface area contributed by atoms with Crippen LogP contribution in [0.2, 0.25) is 0 Å². The number of nitrogens with zero attached hydrogens (tertiary/aromatic N) is 3. The lowest BCUT2D eigenvalue weighted by Crippen LogP contribution is -2.44. The fourth-order valence-corrected chi connectivity index (χ4v) is 4.45. The van der Waals surface area contributed by atoms with Crippen molar-refractivity contribution in [3.05, 3.63) is 82.2 Å². The van der Waals surface area contributed by atoms with Crippen LogP contribution in [-0.2, 0) is 56.1 Å². The molecule has 1 N–H and O–H groups in total. The largest absolute Gasteiger partial charge is 0.461 e. The quantitative estimate of drug-likeness (QED) is 0.0517. The molecule has 13 nitrogen and oxygen atoms in total. The molecule has 0 saturated carbocycles. The van der Waals surface area contributed by atoms with E-state index in [1.54, 1.807) is 0 Å². The SMILES string of the molecule is CC(=O)C[C@@H](CCC(=O)OCc1ccccc1)C(=O)N[C@H](CCC(=O)OCc1ccccc1)C(=O)CCCOCCOCCN=[N+]=[N-]. The molecule has 0 fully saturated rings. The minimum absolute atomic E-state index is 0.00395. The molecule has 2 atom stereocenters. The standard InChI is InChI=1S/C34H44N4O9/c1-26(39)23-29(14-16-32(41)46-24-27-9-4-2-5-10-27)34(43)37-30(15-17-33(42)47-25-28-11-6-3-7-12-28)31(40)13-8-19-44-21-22-45-20-18-36-38-35/h2-7,9-12,29-30H,8,13-25H2,1H3,(H,37,43)/t29-,30-/m1/s1. The van der Waals surface area contributed by atoms with Crippen LogP contribution in [0.1, 0.15) is 63.0 Å². The molecule has 0 aliphatic heterocycles. The summed E-state index contributed by atoms with van der Waals surface area (Å²) < 4.78 is 21.4. The molecule has 0 aromatic heterocycles. The molecule has 0 unspecified atom stereocenters. The van der Waals surface area contributed by atoms with Crippen molar-refractivity contribution in [3.8, 4) is 0 Å². The van der Waals surface area contributed by atoms with E-state index >= 15 is 0 Å². The summed E-state index contributed by atoms with van der Waals surface area (Å²) in [6.07, 6.45) is 0.182. The second-order valence-corrected chi connectivity index (χ2v) is 10.8. The number of esters is 2. The Morgan fingerprint density at radius 3 is 1.87 bits per heavy atom. The van der Waals surface area contributed by atoms with Gasteiger partial charge in [0.15, 0.2) is 5.78 Å². The number of rotatable bonds is 25. The zero-order valence-corrected chi connectivity index (χ0v) is 26.8. The van der Waals surface area contributed by atoms with Crippen molar-refractivity contribution < 1.29 is 42.9 Å². The number of carbonyl (C=O) groups is 5. The number of hydrogen-bond donors (Lipinski definition) is 1. The third kappa shape index (κ3) is 18.2. The van der Waals surface area contributed by atoms with Crippen molar-refractivity contribution in [1.29, 1.82) is 0 Å². The lowest BCUT2D eigenvalue weighted by atomic mass is 9.94. The Kier molecular flexibility index (Phi) is 19.5. The van der Waals surface area contributed by atoms with Crippen molar-refractivity contribution in [1.82, 2.24) is 5.32 Å². The van der Waals surface area contributed by atoms with Gasteiger partial charge in [0, 0.05) is 49.7 Å². The highest BCUT2D eigenvalue weighted by Gasteiger charge is 2.27. The van der Waals surface area contributed by atoms with Crippen LogP contribution in [0.25, 0.3) is 10.4 Å². The first-order chi connectivity index (χ1) is 22.8. The van der Waals surface area contributed by atoms with Gasteiger partial charge in [0.2, 0.25) is 5.91 Å². The van der Waals surface area contributed by atoms with Gasteiger partial charge in [0.1, 0.15) is 19.0 Å². The van der Waals surface area contributed by atoms with E-state index in [0.717, 1.165) is 11.1 Å². The summed E-state index contributed by atoms with van der Waals surface area (Å²) in [4.78, 5) is 66.1. The van der Waals surface area contributed by atoms with E-state index in [2.05, 4.69) is 15.3 Å². The lowest BCUT2D eigenvalue weighted by Gasteiger charge is -2.21. The maximum absolute atomic E-state index is 13.3. The normalized spacial score (nSPS) is 11.9. The predicted molar refractivity (Wildman–Crippen MR) is 172 cm³/mol. The molecular weight excluding hydrogens is 608 g/mol. The number of azide groups is 1. The topological polar surface area (TPSA) is 183 Å². The van der Waals surface area contributed by atoms with Gasteiger partial charge in [-0.25, -0.2) is 0 Å². The van der Waals surface area contributed by atoms with Crippen LogP contribution in [0.3, 0.4) is 0 Å². The molecule has 0 radical (unpaired) electrons. The number of ether oxygens (including phenoxy) is 4. The van der Waals surface area contributed by atoms with Crippen LogP contribution in [0.15, 0.2) is 65.8 Å². The molecule has 0 bridgehead atoms. The predicted octanol–water partition coefficient (Wildman–Crippen LogP) is 4.81. The van der Waals surface area contributed by atoms with Crippen molar-refractivity contribution >= 4 is 29.4 Å². The molecule has 0 aliphatic carbocycles. The molecule has 1 amide bonds. The second kappa shape index (κ2) is 23.7. The average molecular weight is 653 g/mol. The molecule has 2 aromatic carbocycles. The molecule has 0 aliphatic rings. The summed E-state index contributed by atoms with van der Waals surface area (Å²) in [5, 5.41) is 6.09. The zero-order chi connectivity index (χ0) is 34.1. The van der Waals surface area contributed by atoms with E-state index in [1.807, 2.05) is 60.7 Å². The zero-order valence-electron chi connectivity index (χ0n) is 26.8. The van der Waals surface area contributed by atoms with Crippen molar-refractivity contribution in [2.45, 2.75) is 71.1 Å². The monoisotopic (exact) mass is 652 g/mol. The van der Waals surface area contributed by atoms with Gasteiger partial charge in [0.25, 0.3) is 0 Å². The van der Waals surface area contributed by atoms with Crippen LogP contribution < -0.4 is 5.32 Å². The minimum atomic E-state index is -1.00. The van der Waals surface area contributed by atoms with Crippen LogP contribution in [-0.4, -0.2) is 68.4 Å². The highest BCUT2D eigenvalue weighted by atomic mass is 16.5. The molecule has 0 spiro atoms.